The molecule has 0 bridgehead atoms. The van der Waals surface area contributed by atoms with Crippen molar-refractivity contribution in [3.05, 3.63) is 23.5 Å². The van der Waals surface area contributed by atoms with E-state index in [1.807, 2.05) is 0 Å². The van der Waals surface area contributed by atoms with E-state index in [4.69, 9.17) is 11.5 Å². The molecule has 1 fully saturated rings. The highest BCUT2D eigenvalue weighted by molar-refractivity contribution is 5.95. The zero-order chi connectivity index (χ0) is 13.0. The minimum Gasteiger partial charge on any atom is -0.395 e. The van der Waals surface area contributed by atoms with Crippen molar-refractivity contribution in [3.8, 4) is 0 Å². The summed E-state index contributed by atoms with van der Waals surface area (Å²) in [5, 5.41) is 0. The predicted molar refractivity (Wildman–Crippen MR) is 64.2 cm³/mol. The molecule has 4 N–H and O–H groups in total. The molecule has 6 heteroatoms. The van der Waals surface area contributed by atoms with Gasteiger partial charge in [-0.3, -0.25) is 9.59 Å². The summed E-state index contributed by atoms with van der Waals surface area (Å²) in [5.74, 6) is -0.497. The van der Waals surface area contributed by atoms with Crippen molar-refractivity contribution in [2.75, 3.05) is 19.8 Å². The Bertz CT molecular complexity index is 351. The molecule has 0 spiro atoms. The maximum absolute atomic E-state index is 11.7. The number of hydrogen-bond donors (Lipinski definition) is 2. The van der Waals surface area contributed by atoms with Gasteiger partial charge in [0.05, 0.1) is 18.1 Å². The van der Waals surface area contributed by atoms with E-state index in [-0.39, 0.29) is 29.9 Å². The molecule has 0 saturated carbocycles. The Morgan fingerprint density at radius 2 is 1.29 bits per heavy atom. The van der Waals surface area contributed by atoms with E-state index < -0.39 is 0 Å². The van der Waals surface area contributed by atoms with Crippen molar-refractivity contribution in [1.29, 1.82) is 0 Å². The fraction of sp³-hybridized carbons (Fsp3) is 0.455. The number of allylic oxidation sites excluding steroid dienone is 2. The molecule has 1 saturated heterocycles. The first-order valence-electron chi connectivity index (χ1n) is 5.43. The van der Waals surface area contributed by atoms with Crippen LogP contribution in [0.25, 0.3) is 0 Å². The van der Waals surface area contributed by atoms with E-state index in [2.05, 4.69) is 0 Å². The summed E-state index contributed by atoms with van der Waals surface area (Å²) in [6.45, 7) is 4.60. The summed E-state index contributed by atoms with van der Waals surface area (Å²) in [4.78, 5) is 26.5. The van der Waals surface area contributed by atoms with Crippen molar-refractivity contribution < 1.29 is 9.59 Å². The number of nitrogens with two attached hydrogens (primary N) is 2. The van der Waals surface area contributed by atoms with Gasteiger partial charge in [0.2, 0.25) is 0 Å². The summed E-state index contributed by atoms with van der Waals surface area (Å²) in [6.07, 6.45) is 3.10. The zero-order valence-electron chi connectivity index (χ0n) is 10.1. The summed E-state index contributed by atoms with van der Waals surface area (Å²) in [7, 11) is 0. The van der Waals surface area contributed by atoms with Gasteiger partial charge in [-0.25, -0.2) is 0 Å². The van der Waals surface area contributed by atoms with Gasteiger partial charge in [-0.05, 0) is 13.8 Å². The van der Waals surface area contributed by atoms with E-state index in [9.17, 15) is 9.59 Å². The number of carbonyl (C=O) groups is 2. The highest BCUT2D eigenvalue weighted by Gasteiger charge is 2.28. The first-order chi connectivity index (χ1) is 8.01. The molecule has 1 rings (SSSR count). The number of carbonyl (C=O) groups excluding carboxylic acids is 2. The molecule has 0 atom stereocenters. The fourth-order valence-corrected chi connectivity index (χ4v) is 1.53. The molecule has 1 heterocycles. The minimum atomic E-state index is -0.248. The summed E-state index contributed by atoms with van der Waals surface area (Å²) >= 11 is 0. The monoisotopic (exact) mass is 238 g/mol. The standard InChI is InChI=1S/C11H18N4O2/c1-3-8(12)10(16)14-5-6-15(7-14)11(17)9(13)4-2/h3-4H,5-7,12-13H2,1-2H3. The van der Waals surface area contributed by atoms with Crippen LogP contribution in [0.3, 0.4) is 0 Å². The van der Waals surface area contributed by atoms with E-state index in [0.29, 0.717) is 13.1 Å². The van der Waals surface area contributed by atoms with E-state index >= 15 is 0 Å². The molecule has 0 aromatic heterocycles. The third kappa shape index (κ3) is 2.77. The smallest absolute Gasteiger partial charge is 0.270 e. The van der Waals surface area contributed by atoms with Crippen LogP contribution in [0.5, 0.6) is 0 Å². The SMILES string of the molecule is CC=C(N)C(=O)N1CCN(C(=O)C(N)=CC)C1. The maximum Gasteiger partial charge on any atom is 0.270 e. The normalized spacial score (nSPS) is 17.5. The molecule has 0 unspecified atom stereocenters. The first kappa shape index (κ1) is 13.1. The topological polar surface area (TPSA) is 92.7 Å². The molecule has 2 amide bonds. The first-order valence-corrected chi connectivity index (χ1v) is 5.43. The molecular formula is C11H18N4O2. The van der Waals surface area contributed by atoms with Crippen molar-refractivity contribution in [2.45, 2.75) is 13.8 Å². The third-order valence-corrected chi connectivity index (χ3v) is 2.67. The van der Waals surface area contributed by atoms with Crippen LogP contribution >= 0.6 is 0 Å². The molecule has 0 aliphatic carbocycles. The van der Waals surface area contributed by atoms with Crippen LogP contribution in [0.2, 0.25) is 0 Å². The summed E-state index contributed by atoms with van der Waals surface area (Å²) < 4.78 is 0. The van der Waals surface area contributed by atoms with Gasteiger partial charge < -0.3 is 21.3 Å². The molecule has 1 aliphatic rings. The number of rotatable bonds is 2. The second-order valence-electron chi connectivity index (χ2n) is 3.77. The van der Waals surface area contributed by atoms with Crippen LogP contribution in [0.1, 0.15) is 13.8 Å². The van der Waals surface area contributed by atoms with Gasteiger partial charge in [0.15, 0.2) is 0 Å². The van der Waals surface area contributed by atoms with Crippen LogP contribution < -0.4 is 11.5 Å². The third-order valence-electron chi connectivity index (χ3n) is 2.67. The predicted octanol–water partition coefficient (Wildman–Crippen LogP) is -0.660. The fourth-order valence-electron chi connectivity index (χ4n) is 1.53. The number of amides is 2. The van der Waals surface area contributed by atoms with Gasteiger partial charge in [-0.1, -0.05) is 12.2 Å². The van der Waals surface area contributed by atoms with Crippen LogP contribution in [0.15, 0.2) is 23.5 Å². The molecule has 6 nitrogen and oxygen atoms in total. The van der Waals surface area contributed by atoms with Crippen molar-refractivity contribution in [3.63, 3.8) is 0 Å². The Hall–Kier alpha value is -1.98. The van der Waals surface area contributed by atoms with Crippen LogP contribution in [-0.2, 0) is 9.59 Å². The van der Waals surface area contributed by atoms with E-state index in [0.717, 1.165) is 0 Å². The van der Waals surface area contributed by atoms with Gasteiger partial charge >= 0.3 is 0 Å². The van der Waals surface area contributed by atoms with Gasteiger partial charge in [-0.15, -0.1) is 0 Å². The lowest BCUT2D eigenvalue weighted by Gasteiger charge is -2.18. The lowest BCUT2D eigenvalue weighted by atomic mass is 10.4. The highest BCUT2D eigenvalue weighted by atomic mass is 16.2. The highest BCUT2D eigenvalue weighted by Crippen LogP contribution is 2.09. The van der Waals surface area contributed by atoms with Crippen molar-refractivity contribution in [2.24, 2.45) is 11.5 Å². The van der Waals surface area contributed by atoms with Gasteiger partial charge in [0.25, 0.3) is 11.8 Å². The van der Waals surface area contributed by atoms with Crippen LogP contribution in [0.4, 0.5) is 0 Å². The molecule has 0 aromatic carbocycles. The summed E-state index contributed by atoms with van der Waals surface area (Å²) in [5.41, 5.74) is 11.5. The Labute approximate surface area is 101 Å². The molecule has 0 aromatic rings. The van der Waals surface area contributed by atoms with Crippen LogP contribution in [-0.4, -0.2) is 41.4 Å². The maximum atomic E-state index is 11.7. The Kier molecular flexibility index (Phi) is 4.14. The Morgan fingerprint density at radius 3 is 1.59 bits per heavy atom. The molecular weight excluding hydrogens is 220 g/mol. The molecule has 17 heavy (non-hydrogen) atoms. The largest absolute Gasteiger partial charge is 0.395 e. The number of nitrogens with zero attached hydrogens (tertiary/aromatic N) is 2. The van der Waals surface area contributed by atoms with Crippen molar-refractivity contribution >= 4 is 11.8 Å². The Morgan fingerprint density at radius 1 is 0.941 bits per heavy atom. The average Bonchev–Trinajstić information content (AvgIpc) is 2.84. The van der Waals surface area contributed by atoms with Gasteiger partial charge in [0, 0.05) is 13.1 Å². The zero-order valence-corrected chi connectivity index (χ0v) is 10.1. The summed E-state index contributed by atoms with van der Waals surface area (Å²) in [6, 6.07) is 0. The lowest BCUT2D eigenvalue weighted by molar-refractivity contribution is -0.130. The second-order valence-corrected chi connectivity index (χ2v) is 3.77. The molecule has 0 radical (unpaired) electrons. The van der Waals surface area contributed by atoms with E-state index in [1.54, 1.807) is 26.0 Å². The van der Waals surface area contributed by atoms with E-state index in [1.165, 1.54) is 9.80 Å². The number of hydrogen-bond acceptors (Lipinski definition) is 4. The second kappa shape index (κ2) is 5.38. The molecule has 94 valence electrons. The Balaban J connectivity index is 2.65. The average molecular weight is 238 g/mol. The van der Waals surface area contributed by atoms with Gasteiger partial charge in [-0.2, -0.15) is 0 Å². The minimum absolute atomic E-state index is 0.193. The lowest BCUT2D eigenvalue weighted by Crippen LogP contribution is -2.37. The quantitative estimate of drug-likeness (QED) is 0.625. The molecule has 1 aliphatic heterocycles. The van der Waals surface area contributed by atoms with Crippen molar-refractivity contribution in [1.82, 2.24) is 9.80 Å². The van der Waals surface area contributed by atoms with Gasteiger partial charge in [0.1, 0.15) is 0 Å². The van der Waals surface area contributed by atoms with Crippen LogP contribution in [0, 0.1) is 0 Å².